The summed E-state index contributed by atoms with van der Waals surface area (Å²) in [6.45, 7) is 3.58. The first-order chi connectivity index (χ1) is 7.17. The summed E-state index contributed by atoms with van der Waals surface area (Å²) in [6.07, 6.45) is -1.38. The molecule has 5 heteroatoms. The third kappa shape index (κ3) is 1.89. The largest absolute Gasteiger partial charge is 0.396 e. The van der Waals surface area contributed by atoms with E-state index in [-0.39, 0.29) is 13.2 Å². The molecule has 0 spiro atoms. The van der Waals surface area contributed by atoms with Crippen molar-refractivity contribution in [2.45, 2.75) is 25.8 Å². The lowest BCUT2D eigenvalue weighted by molar-refractivity contribution is -0.372. The van der Waals surface area contributed by atoms with Gasteiger partial charge in [0.15, 0.2) is 6.17 Å². The molecule has 0 unspecified atom stereocenters. The second kappa shape index (κ2) is 5.21. The lowest BCUT2D eigenvalue weighted by Crippen LogP contribution is -2.69. The molecule has 1 rings (SSSR count). The van der Waals surface area contributed by atoms with Crippen LogP contribution in [0.25, 0.3) is 0 Å². The number of aliphatic hydroxyl groups is 2. The van der Waals surface area contributed by atoms with Gasteiger partial charge < -0.3 is 19.7 Å². The molecule has 15 heavy (non-hydrogen) atoms. The van der Waals surface area contributed by atoms with Gasteiger partial charge in [0.25, 0.3) is 0 Å². The summed E-state index contributed by atoms with van der Waals surface area (Å²) in [6, 6.07) is 0. The Labute approximate surface area is 89.0 Å². The third-order valence-corrected chi connectivity index (χ3v) is 2.94. The van der Waals surface area contributed by atoms with Gasteiger partial charge in [0.05, 0.1) is 6.61 Å². The van der Waals surface area contributed by atoms with Crippen LogP contribution in [0.1, 0.15) is 13.8 Å². The van der Waals surface area contributed by atoms with Crippen LogP contribution in [0, 0.1) is 11.8 Å². The average Bonchev–Trinajstić information content (AvgIpc) is 2.24. The Kier molecular flexibility index (Phi) is 4.45. The summed E-state index contributed by atoms with van der Waals surface area (Å²) in [5, 5.41) is 18.1. The molecule has 1 aliphatic carbocycles. The average molecular weight is 222 g/mol. The van der Waals surface area contributed by atoms with Crippen molar-refractivity contribution in [3.63, 3.8) is 0 Å². The molecule has 0 radical (unpaired) electrons. The zero-order valence-electron chi connectivity index (χ0n) is 9.15. The molecule has 0 aromatic rings. The zero-order chi connectivity index (χ0) is 11.5. The van der Waals surface area contributed by atoms with Crippen molar-refractivity contribution >= 4 is 0 Å². The minimum absolute atomic E-state index is 0.244. The molecule has 0 aromatic carbocycles. The number of aliphatic hydroxyl groups excluding tert-OH is 2. The number of alkyl halides is 1. The minimum Gasteiger partial charge on any atom is -0.396 e. The maximum atomic E-state index is 13.8. The molecule has 1 saturated carbocycles. The Hall–Kier alpha value is -0.230. The molecule has 0 bridgehead atoms. The van der Waals surface area contributed by atoms with Gasteiger partial charge in [0.1, 0.15) is 0 Å². The molecule has 1 aliphatic rings. The highest BCUT2D eigenvalue weighted by atomic mass is 19.1. The fourth-order valence-corrected chi connectivity index (χ4v) is 2.24. The van der Waals surface area contributed by atoms with E-state index in [9.17, 15) is 4.39 Å². The van der Waals surface area contributed by atoms with Crippen molar-refractivity contribution < 1.29 is 24.1 Å². The fourth-order valence-electron chi connectivity index (χ4n) is 2.24. The SMILES string of the molecule is CCOC1(OCC)[C@H](CO)[C@@H](CO)[C@@H]1F. The number of hydrogen-bond acceptors (Lipinski definition) is 4. The molecule has 3 atom stereocenters. The normalized spacial score (nSPS) is 33.8. The van der Waals surface area contributed by atoms with Gasteiger partial charge in [-0.25, -0.2) is 4.39 Å². The molecule has 0 amide bonds. The number of rotatable bonds is 6. The van der Waals surface area contributed by atoms with Crippen LogP contribution in [0.5, 0.6) is 0 Å². The first-order valence-corrected chi connectivity index (χ1v) is 5.31. The number of halogens is 1. The van der Waals surface area contributed by atoms with E-state index in [4.69, 9.17) is 19.7 Å². The Bertz CT molecular complexity index is 194. The van der Waals surface area contributed by atoms with E-state index in [2.05, 4.69) is 0 Å². The summed E-state index contributed by atoms with van der Waals surface area (Å²) >= 11 is 0. The Morgan fingerprint density at radius 2 is 1.67 bits per heavy atom. The van der Waals surface area contributed by atoms with Gasteiger partial charge in [0, 0.05) is 31.7 Å². The van der Waals surface area contributed by atoms with Crippen molar-refractivity contribution in [3.05, 3.63) is 0 Å². The van der Waals surface area contributed by atoms with Gasteiger partial charge >= 0.3 is 0 Å². The van der Waals surface area contributed by atoms with Gasteiger partial charge in [-0.3, -0.25) is 0 Å². The molecular formula is C10H19FO4. The summed E-state index contributed by atoms with van der Waals surface area (Å²) < 4.78 is 24.4. The predicted octanol–water partition coefficient (Wildman–Crippen LogP) is 0.324. The van der Waals surface area contributed by atoms with Crippen molar-refractivity contribution in [2.75, 3.05) is 26.4 Å². The molecule has 0 aromatic heterocycles. The topological polar surface area (TPSA) is 58.9 Å². The molecule has 4 nitrogen and oxygen atoms in total. The van der Waals surface area contributed by atoms with Crippen LogP contribution in [0.2, 0.25) is 0 Å². The van der Waals surface area contributed by atoms with Gasteiger partial charge in [0.2, 0.25) is 5.79 Å². The molecule has 90 valence electrons. The Morgan fingerprint density at radius 1 is 1.13 bits per heavy atom. The predicted molar refractivity (Wildman–Crippen MR) is 52.0 cm³/mol. The van der Waals surface area contributed by atoms with E-state index in [0.29, 0.717) is 13.2 Å². The highest BCUT2D eigenvalue weighted by Crippen LogP contribution is 2.49. The van der Waals surface area contributed by atoms with Crippen LogP contribution in [-0.4, -0.2) is 48.6 Å². The van der Waals surface area contributed by atoms with Crippen molar-refractivity contribution in [1.29, 1.82) is 0 Å². The molecule has 0 saturated heterocycles. The Morgan fingerprint density at radius 3 is 2.00 bits per heavy atom. The quantitative estimate of drug-likeness (QED) is 0.636. The van der Waals surface area contributed by atoms with E-state index < -0.39 is 23.8 Å². The van der Waals surface area contributed by atoms with E-state index in [1.165, 1.54) is 0 Å². The first kappa shape index (κ1) is 12.8. The lowest BCUT2D eigenvalue weighted by atomic mass is 9.66. The number of hydrogen-bond donors (Lipinski definition) is 2. The van der Waals surface area contributed by atoms with Gasteiger partial charge in [-0.1, -0.05) is 0 Å². The molecular weight excluding hydrogens is 203 g/mol. The van der Waals surface area contributed by atoms with Crippen LogP contribution >= 0.6 is 0 Å². The van der Waals surface area contributed by atoms with Crippen molar-refractivity contribution in [3.8, 4) is 0 Å². The zero-order valence-corrected chi connectivity index (χ0v) is 9.15. The highest BCUT2D eigenvalue weighted by molar-refractivity contribution is 5.05. The maximum Gasteiger partial charge on any atom is 0.205 e. The molecule has 0 aliphatic heterocycles. The van der Waals surface area contributed by atoms with Gasteiger partial charge in [-0.2, -0.15) is 0 Å². The van der Waals surface area contributed by atoms with E-state index in [1.807, 2.05) is 0 Å². The first-order valence-electron chi connectivity index (χ1n) is 5.31. The summed E-state index contributed by atoms with van der Waals surface area (Å²) in [5.74, 6) is -2.43. The van der Waals surface area contributed by atoms with Crippen LogP contribution in [0.4, 0.5) is 4.39 Å². The number of ether oxygens (including phenoxy) is 2. The van der Waals surface area contributed by atoms with Crippen LogP contribution in [0.3, 0.4) is 0 Å². The third-order valence-electron chi connectivity index (χ3n) is 2.94. The van der Waals surface area contributed by atoms with E-state index >= 15 is 0 Å². The Balaban J connectivity index is 2.77. The van der Waals surface area contributed by atoms with E-state index in [0.717, 1.165) is 0 Å². The fraction of sp³-hybridized carbons (Fsp3) is 1.00. The lowest BCUT2D eigenvalue weighted by Gasteiger charge is -2.54. The van der Waals surface area contributed by atoms with Gasteiger partial charge in [-0.05, 0) is 13.8 Å². The second-order valence-electron chi connectivity index (χ2n) is 3.62. The monoisotopic (exact) mass is 222 g/mol. The molecule has 1 fully saturated rings. The van der Waals surface area contributed by atoms with Crippen molar-refractivity contribution in [2.24, 2.45) is 11.8 Å². The van der Waals surface area contributed by atoms with Gasteiger partial charge in [-0.15, -0.1) is 0 Å². The minimum atomic E-state index is -1.38. The van der Waals surface area contributed by atoms with Crippen molar-refractivity contribution in [1.82, 2.24) is 0 Å². The van der Waals surface area contributed by atoms with Crippen LogP contribution < -0.4 is 0 Å². The maximum absolute atomic E-state index is 13.8. The van der Waals surface area contributed by atoms with Crippen LogP contribution in [-0.2, 0) is 9.47 Å². The summed E-state index contributed by atoms with van der Waals surface area (Å²) in [4.78, 5) is 0. The smallest absolute Gasteiger partial charge is 0.205 e. The molecule has 0 heterocycles. The summed E-state index contributed by atoms with van der Waals surface area (Å²) in [7, 11) is 0. The summed E-state index contributed by atoms with van der Waals surface area (Å²) in [5.41, 5.74) is 0. The van der Waals surface area contributed by atoms with Crippen LogP contribution in [0.15, 0.2) is 0 Å². The molecule has 2 N–H and O–H groups in total. The van der Waals surface area contributed by atoms with E-state index in [1.54, 1.807) is 13.8 Å². The second-order valence-corrected chi connectivity index (χ2v) is 3.62. The highest BCUT2D eigenvalue weighted by Gasteiger charge is 2.64. The standard InChI is InChI=1S/C10H19FO4/c1-3-14-10(15-4-2)8(6-13)7(5-12)9(10)11/h7-9,12-13H,3-6H2,1-2H3/t7-,8-,9+/m1/s1.